The third-order valence-corrected chi connectivity index (χ3v) is 4.23. The van der Waals surface area contributed by atoms with Gasteiger partial charge in [-0.3, -0.25) is 4.79 Å². The number of carbonyl (C=O) groups is 3. The maximum absolute atomic E-state index is 12.1. The Morgan fingerprint density at radius 1 is 1.08 bits per heavy atom. The topological polar surface area (TPSA) is 81.7 Å². The van der Waals surface area contributed by atoms with Crippen LogP contribution in [-0.2, 0) is 20.7 Å². The first-order chi connectivity index (χ1) is 11.5. The van der Waals surface area contributed by atoms with E-state index in [9.17, 15) is 14.4 Å². The van der Waals surface area contributed by atoms with E-state index in [1.807, 2.05) is 17.5 Å². The van der Waals surface area contributed by atoms with Gasteiger partial charge in [-0.2, -0.15) is 0 Å². The second kappa shape index (κ2) is 8.26. The van der Waals surface area contributed by atoms with Crippen LogP contribution in [0.3, 0.4) is 0 Å². The molecule has 1 N–H and O–H groups in total. The van der Waals surface area contributed by atoms with Gasteiger partial charge in [0, 0.05) is 11.3 Å². The van der Waals surface area contributed by atoms with Gasteiger partial charge in [0.2, 0.25) is 5.91 Å². The van der Waals surface area contributed by atoms with Crippen LogP contribution in [0.15, 0.2) is 35.7 Å². The van der Waals surface area contributed by atoms with E-state index in [0.29, 0.717) is 6.42 Å². The minimum absolute atomic E-state index is 0.176. The number of methoxy groups -OCH3 is 2. The van der Waals surface area contributed by atoms with Gasteiger partial charge in [-0.05, 0) is 36.1 Å². The van der Waals surface area contributed by atoms with Gasteiger partial charge < -0.3 is 14.8 Å². The number of hydrogen-bond donors (Lipinski definition) is 1. The third kappa shape index (κ3) is 4.42. The Hall–Kier alpha value is -2.67. The predicted molar refractivity (Wildman–Crippen MR) is 90.4 cm³/mol. The summed E-state index contributed by atoms with van der Waals surface area (Å²) in [5.74, 6) is -1.41. The first-order valence-corrected chi connectivity index (χ1v) is 8.06. The zero-order valence-electron chi connectivity index (χ0n) is 13.3. The molecule has 0 saturated heterocycles. The van der Waals surface area contributed by atoms with E-state index in [4.69, 9.17) is 4.74 Å². The standard InChI is InChI=1S/C17H17NO5S/c1-22-16(20)11-5-7-13(17(21)23-2)14(10-11)18-15(19)8-6-12-4-3-9-24-12/h3-5,7,9-10H,6,8H2,1-2H3,(H,18,19). The molecule has 0 saturated carbocycles. The highest BCUT2D eigenvalue weighted by Crippen LogP contribution is 2.20. The van der Waals surface area contributed by atoms with Gasteiger partial charge in [0.05, 0.1) is 31.0 Å². The molecule has 2 aromatic rings. The summed E-state index contributed by atoms with van der Waals surface area (Å²) in [6, 6.07) is 8.15. The molecule has 0 atom stereocenters. The number of aryl methyl sites for hydroxylation is 1. The van der Waals surface area contributed by atoms with Gasteiger partial charge in [-0.1, -0.05) is 6.07 Å². The lowest BCUT2D eigenvalue weighted by Gasteiger charge is -2.11. The first kappa shape index (κ1) is 17.7. The van der Waals surface area contributed by atoms with Crippen molar-refractivity contribution in [2.24, 2.45) is 0 Å². The zero-order chi connectivity index (χ0) is 17.5. The zero-order valence-corrected chi connectivity index (χ0v) is 14.1. The highest BCUT2D eigenvalue weighted by Gasteiger charge is 2.17. The van der Waals surface area contributed by atoms with Crippen molar-refractivity contribution >= 4 is 34.9 Å². The molecule has 0 aliphatic heterocycles. The number of rotatable bonds is 6. The highest BCUT2D eigenvalue weighted by atomic mass is 32.1. The fraction of sp³-hybridized carbons (Fsp3) is 0.235. The van der Waals surface area contributed by atoms with Gasteiger partial charge in [-0.15, -0.1) is 11.3 Å². The summed E-state index contributed by atoms with van der Waals surface area (Å²) in [5, 5.41) is 4.61. The van der Waals surface area contributed by atoms with E-state index in [2.05, 4.69) is 10.1 Å². The Morgan fingerprint density at radius 3 is 2.46 bits per heavy atom. The van der Waals surface area contributed by atoms with Crippen LogP contribution in [0, 0.1) is 0 Å². The summed E-state index contributed by atoms with van der Waals surface area (Å²) >= 11 is 1.58. The number of benzene rings is 1. The summed E-state index contributed by atoms with van der Waals surface area (Å²) in [5.41, 5.74) is 0.634. The third-order valence-electron chi connectivity index (χ3n) is 3.30. The molecule has 0 bridgehead atoms. The predicted octanol–water partition coefficient (Wildman–Crippen LogP) is 2.89. The Bertz CT molecular complexity index is 739. The van der Waals surface area contributed by atoms with E-state index >= 15 is 0 Å². The number of nitrogens with one attached hydrogen (secondary N) is 1. The largest absolute Gasteiger partial charge is 0.465 e. The average Bonchev–Trinajstić information content (AvgIpc) is 3.12. The van der Waals surface area contributed by atoms with Crippen molar-refractivity contribution in [3.63, 3.8) is 0 Å². The summed E-state index contributed by atoms with van der Waals surface area (Å²) in [6.45, 7) is 0. The molecule has 1 amide bonds. The smallest absolute Gasteiger partial charge is 0.339 e. The van der Waals surface area contributed by atoms with Crippen molar-refractivity contribution in [1.82, 2.24) is 0 Å². The van der Waals surface area contributed by atoms with E-state index in [1.165, 1.54) is 32.4 Å². The van der Waals surface area contributed by atoms with Crippen molar-refractivity contribution in [2.75, 3.05) is 19.5 Å². The molecule has 2 rings (SSSR count). The van der Waals surface area contributed by atoms with E-state index in [0.717, 1.165) is 4.88 Å². The number of hydrogen-bond acceptors (Lipinski definition) is 6. The van der Waals surface area contributed by atoms with Gasteiger partial charge >= 0.3 is 11.9 Å². The normalized spacial score (nSPS) is 10.1. The van der Waals surface area contributed by atoms with Crippen LogP contribution in [-0.4, -0.2) is 32.1 Å². The van der Waals surface area contributed by atoms with E-state index in [-0.39, 0.29) is 29.1 Å². The second-order valence-corrected chi connectivity index (χ2v) is 5.90. The number of anilines is 1. The fourth-order valence-electron chi connectivity index (χ4n) is 2.08. The molecule has 1 heterocycles. The van der Waals surface area contributed by atoms with Gasteiger partial charge in [0.25, 0.3) is 0 Å². The average molecular weight is 347 g/mol. The van der Waals surface area contributed by atoms with E-state index < -0.39 is 11.9 Å². The SMILES string of the molecule is COC(=O)c1ccc(C(=O)OC)c(NC(=O)CCc2cccs2)c1. The Balaban J connectivity index is 2.16. The van der Waals surface area contributed by atoms with Gasteiger partial charge in [-0.25, -0.2) is 9.59 Å². The molecule has 7 heteroatoms. The molecule has 0 radical (unpaired) electrons. The fourth-order valence-corrected chi connectivity index (χ4v) is 2.79. The quantitative estimate of drug-likeness (QED) is 0.813. The lowest BCUT2D eigenvalue weighted by molar-refractivity contribution is -0.116. The van der Waals surface area contributed by atoms with Gasteiger partial charge in [0.15, 0.2) is 0 Å². The van der Waals surface area contributed by atoms with Crippen molar-refractivity contribution in [1.29, 1.82) is 0 Å². The number of thiophene rings is 1. The minimum Gasteiger partial charge on any atom is -0.465 e. The summed E-state index contributed by atoms with van der Waals surface area (Å²) < 4.78 is 9.35. The molecule has 1 aromatic carbocycles. The van der Waals surface area contributed by atoms with Crippen molar-refractivity contribution < 1.29 is 23.9 Å². The lowest BCUT2D eigenvalue weighted by Crippen LogP contribution is -2.16. The molecule has 1 aromatic heterocycles. The molecule has 0 aliphatic rings. The van der Waals surface area contributed by atoms with Crippen LogP contribution in [0.2, 0.25) is 0 Å². The highest BCUT2D eigenvalue weighted by molar-refractivity contribution is 7.09. The van der Waals surface area contributed by atoms with Gasteiger partial charge in [0.1, 0.15) is 0 Å². The van der Waals surface area contributed by atoms with Crippen molar-refractivity contribution in [3.8, 4) is 0 Å². The van der Waals surface area contributed by atoms with Crippen LogP contribution < -0.4 is 5.32 Å². The van der Waals surface area contributed by atoms with Crippen LogP contribution in [0.25, 0.3) is 0 Å². The first-order valence-electron chi connectivity index (χ1n) is 7.18. The minimum atomic E-state index is -0.597. The molecule has 0 aliphatic carbocycles. The van der Waals surface area contributed by atoms with Crippen LogP contribution in [0.4, 0.5) is 5.69 Å². The maximum atomic E-state index is 12.1. The molecule has 0 unspecified atom stereocenters. The Morgan fingerprint density at radius 2 is 1.83 bits per heavy atom. The molecule has 0 spiro atoms. The Labute approximate surface area is 143 Å². The second-order valence-electron chi connectivity index (χ2n) is 4.87. The Kier molecular flexibility index (Phi) is 6.08. The molecule has 6 nitrogen and oxygen atoms in total. The summed E-state index contributed by atoms with van der Waals surface area (Å²) in [4.78, 5) is 36.7. The summed E-state index contributed by atoms with van der Waals surface area (Å²) in [7, 11) is 2.51. The molecular formula is C17H17NO5S. The monoisotopic (exact) mass is 347 g/mol. The van der Waals surface area contributed by atoms with Crippen molar-refractivity contribution in [3.05, 3.63) is 51.7 Å². The maximum Gasteiger partial charge on any atom is 0.339 e. The molecule has 24 heavy (non-hydrogen) atoms. The number of amides is 1. The summed E-state index contributed by atoms with van der Waals surface area (Å²) in [6.07, 6.45) is 0.872. The lowest BCUT2D eigenvalue weighted by atomic mass is 10.1. The van der Waals surface area contributed by atoms with Crippen molar-refractivity contribution in [2.45, 2.75) is 12.8 Å². The number of esters is 2. The number of carbonyl (C=O) groups excluding carboxylic acids is 3. The van der Waals surface area contributed by atoms with E-state index in [1.54, 1.807) is 11.3 Å². The number of ether oxygens (including phenoxy) is 2. The molecular weight excluding hydrogens is 330 g/mol. The van der Waals surface area contributed by atoms with Crippen LogP contribution in [0.5, 0.6) is 0 Å². The molecule has 126 valence electrons. The van der Waals surface area contributed by atoms with Crippen LogP contribution in [0.1, 0.15) is 32.0 Å². The van der Waals surface area contributed by atoms with Crippen LogP contribution >= 0.6 is 11.3 Å². The molecule has 0 fully saturated rings.